The van der Waals surface area contributed by atoms with E-state index in [9.17, 15) is 14.3 Å². The molecule has 0 aromatic rings. The molecule has 0 aromatic carbocycles. The molecule has 0 aromatic heterocycles. The van der Waals surface area contributed by atoms with Gasteiger partial charge in [-0.05, 0) is 77.0 Å². The molecule has 0 aliphatic rings. The van der Waals surface area contributed by atoms with Crippen molar-refractivity contribution in [3.63, 3.8) is 0 Å². The van der Waals surface area contributed by atoms with Crippen LogP contribution in [0.3, 0.4) is 0 Å². The second-order valence-electron chi connectivity index (χ2n) is 14.6. The molecule has 306 valence electrons. The molecule has 0 radical (unpaired) electrons. The highest BCUT2D eigenvalue weighted by Gasteiger charge is 2.20. The summed E-state index contributed by atoms with van der Waals surface area (Å²) in [5.41, 5.74) is 0. The first-order chi connectivity index (χ1) is 25.6. The van der Waals surface area contributed by atoms with Gasteiger partial charge in [-0.25, -0.2) is 0 Å². The van der Waals surface area contributed by atoms with Gasteiger partial charge < -0.3 is 27.9 Å². The SMILES string of the molecule is CC/C=C\C/C=C\C/C=C\CCCCCCCCOCC(COP(=O)([O-])OCC[N+](C)(C)C)OC(=O)CCCCCCC/C=C\C/C=C\C/C=C\CC. The first-order valence-corrected chi connectivity index (χ1v) is 22.1. The van der Waals surface area contributed by atoms with Crippen LogP contribution in [-0.4, -0.2) is 70.7 Å². The average molecular weight is 764 g/mol. The predicted molar refractivity (Wildman–Crippen MR) is 222 cm³/mol. The molecular weight excluding hydrogens is 685 g/mol. The van der Waals surface area contributed by atoms with E-state index < -0.39 is 13.9 Å². The quantitative estimate of drug-likeness (QED) is 0.0204. The lowest BCUT2D eigenvalue weighted by atomic mass is 10.1. The molecule has 0 spiro atoms. The number of esters is 1. The Labute approximate surface area is 325 Å². The van der Waals surface area contributed by atoms with Crippen LogP contribution in [0.2, 0.25) is 0 Å². The van der Waals surface area contributed by atoms with E-state index in [-0.39, 0.29) is 32.2 Å². The number of rotatable bonds is 37. The summed E-state index contributed by atoms with van der Waals surface area (Å²) >= 11 is 0. The Morgan fingerprint density at radius 1 is 0.585 bits per heavy atom. The number of hydrogen-bond acceptors (Lipinski definition) is 7. The minimum atomic E-state index is -4.53. The molecule has 0 bridgehead atoms. The van der Waals surface area contributed by atoms with Crippen LogP contribution in [-0.2, 0) is 27.9 Å². The smallest absolute Gasteiger partial charge is 0.306 e. The maximum absolute atomic E-state index is 12.6. The Morgan fingerprint density at radius 3 is 1.55 bits per heavy atom. The predicted octanol–water partition coefficient (Wildman–Crippen LogP) is 11.3. The number of allylic oxidation sites excluding steroid dienone is 12. The van der Waals surface area contributed by atoms with Crippen molar-refractivity contribution in [2.75, 3.05) is 54.1 Å². The number of nitrogens with zero attached hydrogens (tertiary/aromatic N) is 1. The summed E-state index contributed by atoms with van der Waals surface area (Å²) in [6, 6.07) is 0. The summed E-state index contributed by atoms with van der Waals surface area (Å²) in [7, 11) is 1.32. The van der Waals surface area contributed by atoms with Gasteiger partial charge in [-0.1, -0.05) is 132 Å². The van der Waals surface area contributed by atoms with E-state index in [2.05, 4.69) is 86.8 Å². The van der Waals surface area contributed by atoms with Gasteiger partial charge in [0.05, 0.1) is 34.4 Å². The van der Waals surface area contributed by atoms with Crippen LogP contribution in [0.1, 0.15) is 142 Å². The number of unbranched alkanes of at least 4 members (excludes halogenated alkanes) is 11. The molecule has 0 aliphatic carbocycles. The van der Waals surface area contributed by atoms with E-state index in [0.29, 0.717) is 17.6 Å². The maximum atomic E-state index is 12.6. The van der Waals surface area contributed by atoms with Crippen molar-refractivity contribution in [2.45, 2.75) is 148 Å². The van der Waals surface area contributed by atoms with Crippen LogP contribution in [0.5, 0.6) is 0 Å². The molecule has 0 fully saturated rings. The third-order valence-electron chi connectivity index (χ3n) is 8.25. The fraction of sp³-hybridized carbons (Fsp3) is 0.705. The third-order valence-corrected chi connectivity index (χ3v) is 9.22. The van der Waals surface area contributed by atoms with Crippen LogP contribution in [0.15, 0.2) is 72.9 Å². The van der Waals surface area contributed by atoms with Crippen molar-refractivity contribution >= 4 is 13.8 Å². The topological polar surface area (TPSA) is 94.1 Å². The number of quaternary nitrogens is 1. The van der Waals surface area contributed by atoms with E-state index in [4.69, 9.17) is 18.5 Å². The van der Waals surface area contributed by atoms with E-state index in [1.54, 1.807) is 0 Å². The molecule has 2 unspecified atom stereocenters. The van der Waals surface area contributed by atoms with E-state index in [1.165, 1.54) is 19.3 Å². The molecule has 0 N–H and O–H groups in total. The molecule has 0 amide bonds. The lowest BCUT2D eigenvalue weighted by molar-refractivity contribution is -0.870. The van der Waals surface area contributed by atoms with Crippen LogP contribution in [0, 0.1) is 0 Å². The van der Waals surface area contributed by atoms with Crippen molar-refractivity contribution < 1.29 is 37.3 Å². The summed E-state index contributed by atoms with van der Waals surface area (Å²) < 4.78 is 34.5. The maximum Gasteiger partial charge on any atom is 0.306 e. The first-order valence-electron chi connectivity index (χ1n) is 20.7. The Morgan fingerprint density at radius 2 is 1.04 bits per heavy atom. The third kappa shape index (κ3) is 41.0. The van der Waals surface area contributed by atoms with E-state index in [1.807, 2.05) is 21.1 Å². The van der Waals surface area contributed by atoms with Crippen LogP contribution < -0.4 is 4.89 Å². The summed E-state index contributed by atoms with van der Waals surface area (Å²) in [6.45, 7) is 5.11. The Balaban J connectivity index is 4.33. The standard InChI is InChI=1S/C44H78NO7P/c1-6-8-10-12-14-16-18-20-22-24-26-28-30-32-34-36-39-49-41-43(42-51-53(47,48)50-40-38-45(3,4)5)52-44(46)37-35-33-31-29-27-25-23-21-19-17-15-13-11-9-7-2/h8-11,14-17,20-23,43H,6-7,12-13,18-19,24-42H2,1-5H3/b10-8-,11-9-,16-14-,17-15-,22-20-,23-21-. The molecular formula is C44H78NO7P. The van der Waals surface area contributed by atoms with Gasteiger partial charge in [0.1, 0.15) is 19.3 Å². The van der Waals surface area contributed by atoms with Gasteiger partial charge in [0.25, 0.3) is 7.82 Å². The van der Waals surface area contributed by atoms with Gasteiger partial charge >= 0.3 is 5.97 Å². The zero-order valence-corrected chi connectivity index (χ0v) is 35.3. The number of phosphoric ester groups is 1. The van der Waals surface area contributed by atoms with Crippen molar-refractivity contribution in [2.24, 2.45) is 0 Å². The Kier molecular flexibility index (Phi) is 35.5. The van der Waals surface area contributed by atoms with Crippen molar-refractivity contribution in [1.82, 2.24) is 0 Å². The zero-order chi connectivity index (χ0) is 39.1. The molecule has 0 saturated carbocycles. The van der Waals surface area contributed by atoms with Gasteiger partial charge in [-0.3, -0.25) is 9.36 Å². The van der Waals surface area contributed by atoms with Crippen LogP contribution >= 0.6 is 7.82 Å². The van der Waals surface area contributed by atoms with Gasteiger partial charge in [0.15, 0.2) is 0 Å². The number of likely N-dealkylation sites (N-methyl/N-ethyl adjacent to an activating group) is 1. The molecule has 0 aliphatic heterocycles. The summed E-state index contributed by atoms with van der Waals surface area (Å²) in [4.78, 5) is 25.0. The number of ether oxygens (including phenoxy) is 2. The summed E-state index contributed by atoms with van der Waals surface area (Å²) in [5, 5.41) is 0. The number of carbonyl (C=O) groups is 1. The van der Waals surface area contributed by atoms with Crippen LogP contribution in [0.4, 0.5) is 0 Å². The molecule has 0 rings (SSSR count). The highest BCUT2D eigenvalue weighted by Crippen LogP contribution is 2.38. The minimum absolute atomic E-state index is 0.0157. The average Bonchev–Trinajstić information content (AvgIpc) is 3.11. The van der Waals surface area contributed by atoms with Crippen molar-refractivity contribution in [3.8, 4) is 0 Å². The summed E-state index contributed by atoms with van der Waals surface area (Å²) in [5.74, 6) is -0.360. The largest absolute Gasteiger partial charge is 0.756 e. The molecule has 2 atom stereocenters. The number of phosphoric acid groups is 1. The molecule has 0 heterocycles. The van der Waals surface area contributed by atoms with Gasteiger partial charge in [-0.2, -0.15) is 0 Å². The normalized spacial score (nSPS) is 14.6. The molecule has 9 heteroatoms. The first kappa shape index (κ1) is 50.9. The lowest BCUT2D eigenvalue weighted by Crippen LogP contribution is -2.37. The monoisotopic (exact) mass is 764 g/mol. The highest BCUT2D eigenvalue weighted by atomic mass is 31.2. The zero-order valence-electron chi connectivity index (χ0n) is 34.4. The van der Waals surface area contributed by atoms with Crippen molar-refractivity contribution in [3.05, 3.63) is 72.9 Å². The van der Waals surface area contributed by atoms with E-state index in [0.717, 1.165) is 103 Å². The fourth-order valence-corrected chi connectivity index (χ4v) is 5.83. The molecule has 8 nitrogen and oxygen atoms in total. The summed E-state index contributed by atoms with van der Waals surface area (Å²) in [6.07, 6.45) is 46.2. The second-order valence-corrected chi connectivity index (χ2v) is 16.0. The molecule has 53 heavy (non-hydrogen) atoms. The van der Waals surface area contributed by atoms with Gasteiger partial charge in [0, 0.05) is 13.0 Å². The Hall–Kier alpha value is -2.06. The van der Waals surface area contributed by atoms with Gasteiger partial charge in [-0.15, -0.1) is 0 Å². The highest BCUT2D eigenvalue weighted by molar-refractivity contribution is 7.45. The lowest BCUT2D eigenvalue weighted by Gasteiger charge is -2.28. The minimum Gasteiger partial charge on any atom is -0.756 e. The van der Waals surface area contributed by atoms with Crippen molar-refractivity contribution in [1.29, 1.82) is 0 Å². The van der Waals surface area contributed by atoms with Gasteiger partial charge in [0.2, 0.25) is 0 Å². The number of carbonyl (C=O) groups excluding carboxylic acids is 1. The van der Waals surface area contributed by atoms with E-state index >= 15 is 0 Å². The van der Waals surface area contributed by atoms with Crippen LogP contribution in [0.25, 0.3) is 0 Å². The fourth-order valence-electron chi connectivity index (χ4n) is 5.10. The Bertz CT molecular complexity index is 1070. The number of hydrogen-bond donors (Lipinski definition) is 0. The second kappa shape index (κ2) is 36.9. The molecule has 0 saturated heterocycles.